The number of aliphatic carboxylic acids is 1. The molecule has 1 rings (SSSR count). The second-order valence-electron chi connectivity index (χ2n) is 4.93. The highest BCUT2D eigenvalue weighted by atomic mass is 19.1. The normalized spacial score (nSPS) is 14.9. The van der Waals surface area contributed by atoms with E-state index >= 15 is 0 Å². The largest absolute Gasteiger partial charge is 0.481 e. The SMILES string of the molecule is CC[C@H](C)[C@H](NC(=O)C(C)Oc1cccc(F)c1)C(=O)O. The molecule has 0 aromatic heterocycles. The molecule has 0 bridgehead atoms. The Balaban J connectivity index is 2.67. The molecule has 0 heterocycles. The zero-order chi connectivity index (χ0) is 16.0. The van der Waals surface area contributed by atoms with Crippen molar-refractivity contribution in [2.75, 3.05) is 0 Å². The van der Waals surface area contributed by atoms with Crippen LogP contribution in [0.3, 0.4) is 0 Å². The number of nitrogens with one attached hydrogen (secondary N) is 1. The summed E-state index contributed by atoms with van der Waals surface area (Å²) < 4.78 is 18.3. The van der Waals surface area contributed by atoms with Gasteiger partial charge in [0, 0.05) is 6.07 Å². The Morgan fingerprint density at radius 1 is 1.38 bits per heavy atom. The van der Waals surface area contributed by atoms with Gasteiger partial charge in [-0.1, -0.05) is 26.3 Å². The molecule has 0 saturated heterocycles. The molecule has 6 heteroatoms. The van der Waals surface area contributed by atoms with Crippen LogP contribution in [0.25, 0.3) is 0 Å². The van der Waals surface area contributed by atoms with Crippen LogP contribution in [0.5, 0.6) is 5.75 Å². The number of rotatable bonds is 7. The van der Waals surface area contributed by atoms with Crippen molar-refractivity contribution in [1.82, 2.24) is 5.32 Å². The van der Waals surface area contributed by atoms with E-state index in [0.29, 0.717) is 6.42 Å². The predicted molar refractivity (Wildman–Crippen MR) is 75.5 cm³/mol. The summed E-state index contributed by atoms with van der Waals surface area (Å²) in [6, 6.07) is 4.44. The lowest BCUT2D eigenvalue weighted by molar-refractivity contribution is -0.144. The topological polar surface area (TPSA) is 75.6 Å². The zero-order valence-electron chi connectivity index (χ0n) is 12.3. The average molecular weight is 297 g/mol. The first kappa shape index (κ1) is 16.9. The zero-order valence-corrected chi connectivity index (χ0v) is 12.3. The number of benzene rings is 1. The molecule has 2 N–H and O–H groups in total. The lowest BCUT2D eigenvalue weighted by Crippen LogP contribution is -2.49. The number of hydrogen-bond donors (Lipinski definition) is 2. The van der Waals surface area contributed by atoms with Crippen LogP contribution < -0.4 is 10.1 Å². The number of halogens is 1. The fourth-order valence-corrected chi connectivity index (χ4v) is 1.75. The van der Waals surface area contributed by atoms with Gasteiger partial charge in [0.25, 0.3) is 5.91 Å². The quantitative estimate of drug-likeness (QED) is 0.809. The Hall–Kier alpha value is -2.11. The minimum Gasteiger partial charge on any atom is -0.481 e. The van der Waals surface area contributed by atoms with Crippen molar-refractivity contribution >= 4 is 11.9 Å². The summed E-state index contributed by atoms with van der Waals surface area (Å²) in [7, 11) is 0. The number of ether oxygens (including phenoxy) is 1. The summed E-state index contributed by atoms with van der Waals surface area (Å²) in [5.41, 5.74) is 0. The third-order valence-corrected chi connectivity index (χ3v) is 3.25. The van der Waals surface area contributed by atoms with Gasteiger partial charge in [-0.25, -0.2) is 9.18 Å². The molecule has 5 nitrogen and oxygen atoms in total. The van der Waals surface area contributed by atoms with Gasteiger partial charge in [0.1, 0.15) is 17.6 Å². The Morgan fingerprint density at radius 2 is 2.05 bits per heavy atom. The fourth-order valence-electron chi connectivity index (χ4n) is 1.75. The summed E-state index contributed by atoms with van der Waals surface area (Å²) in [5, 5.41) is 11.6. The first-order chi connectivity index (χ1) is 9.85. The van der Waals surface area contributed by atoms with E-state index in [4.69, 9.17) is 9.84 Å². The summed E-state index contributed by atoms with van der Waals surface area (Å²) in [6.45, 7) is 5.08. The van der Waals surface area contributed by atoms with E-state index in [-0.39, 0.29) is 11.7 Å². The predicted octanol–water partition coefficient (Wildman–Crippen LogP) is 2.21. The Bertz CT molecular complexity index is 506. The van der Waals surface area contributed by atoms with Gasteiger partial charge in [-0.05, 0) is 25.0 Å². The molecule has 0 fully saturated rings. The number of carbonyl (C=O) groups is 2. The molecule has 0 saturated carbocycles. The second-order valence-corrected chi connectivity index (χ2v) is 4.93. The maximum atomic E-state index is 13.0. The molecule has 1 amide bonds. The highest BCUT2D eigenvalue weighted by Crippen LogP contribution is 2.14. The third-order valence-electron chi connectivity index (χ3n) is 3.25. The van der Waals surface area contributed by atoms with Crippen molar-refractivity contribution in [3.05, 3.63) is 30.1 Å². The average Bonchev–Trinajstić information content (AvgIpc) is 2.43. The van der Waals surface area contributed by atoms with Crippen LogP contribution in [0, 0.1) is 11.7 Å². The molecular weight excluding hydrogens is 277 g/mol. The minimum atomic E-state index is -1.09. The van der Waals surface area contributed by atoms with Crippen LogP contribution in [0.15, 0.2) is 24.3 Å². The van der Waals surface area contributed by atoms with Gasteiger partial charge in [-0.3, -0.25) is 4.79 Å². The number of carboxylic acid groups (broad SMARTS) is 1. The Kier molecular flexibility index (Phi) is 6.14. The summed E-state index contributed by atoms with van der Waals surface area (Å²) >= 11 is 0. The lowest BCUT2D eigenvalue weighted by atomic mass is 9.99. The molecule has 1 unspecified atom stereocenters. The van der Waals surface area contributed by atoms with Crippen LogP contribution in [0.1, 0.15) is 27.2 Å². The van der Waals surface area contributed by atoms with Gasteiger partial charge in [0.05, 0.1) is 0 Å². The lowest BCUT2D eigenvalue weighted by Gasteiger charge is -2.22. The van der Waals surface area contributed by atoms with E-state index < -0.39 is 29.8 Å². The second kappa shape index (κ2) is 7.61. The molecule has 0 spiro atoms. The Morgan fingerprint density at radius 3 is 2.57 bits per heavy atom. The monoisotopic (exact) mass is 297 g/mol. The fraction of sp³-hybridized carbons (Fsp3) is 0.467. The van der Waals surface area contributed by atoms with Crippen molar-refractivity contribution in [1.29, 1.82) is 0 Å². The summed E-state index contributed by atoms with van der Waals surface area (Å²) in [6.07, 6.45) is -0.297. The molecule has 0 aliphatic heterocycles. The van der Waals surface area contributed by atoms with E-state index in [9.17, 15) is 14.0 Å². The molecule has 0 radical (unpaired) electrons. The van der Waals surface area contributed by atoms with E-state index in [1.165, 1.54) is 25.1 Å². The van der Waals surface area contributed by atoms with Crippen molar-refractivity contribution < 1.29 is 23.8 Å². The van der Waals surface area contributed by atoms with Crippen molar-refractivity contribution in [3.8, 4) is 5.75 Å². The van der Waals surface area contributed by atoms with Gasteiger partial charge in [-0.15, -0.1) is 0 Å². The first-order valence-corrected chi connectivity index (χ1v) is 6.80. The van der Waals surface area contributed by atoms with Crippen LogP contribution in [-0.4, -0.2) is 29.1 Å². The molecule has 3 atom stereocenters. The van der Waals surface area contributed by atoms with Crippen LogP contribution in [0.2, 0.25) is 0 Å². The number of carbonyl (C=O) groups excluding carboxylic acids is 1. The number of amides is 1. The van der Waals surface area contributed by atoms with E-state index in [1.807, 2.05) is 6.92 Å². The molecular formula is C15H20FNO4. The maximum absolute atomic E-state index is 13.0. The Labute approximate surface area is 123 Å². The van der Waals surface area contributed by atoms with Gasteiger partial charge in [-0.2, -0.15) is 0 Å². The summed E-state index contributed by atoms with van der Waals surface area (Å²) in [4.78, 5) is 23.1. The molecule has 1 aromatic rings. The van der Waals surface area contributed by atoms with E-state index in [1.54, 1.807) is 6.92 Å². The van der Waals surface area contributed by atoms with Crippen LogP contribution in [-0.2, 0) is 9.59 Å². The maximum Gasteiger partial charge on any atom is 0.326 e. The van der Waals surface area contributed by atoms with Crippen molar-refractivity contribution in [2.24, 2.45) is 5.92 Å². The van der Waals surface area contributed by atoms with Crippen LogP contribution >= 0.6 is 0 Å². The molecule has 21 heavy (non-hydrogen) atoms. The van der Waals surface area contributed by atoms with E-state index in [0.717, 1.165) is 6.07 Å². The number of hydrogen-bond acceptors (Lipinski definition) is 3. The van der Waals surface area contributed by atoms with Crippen molar-refractivity contribution in [2.45, 2.75) is 39.3 Å². The molecule has 1 aromatic carbocycles. The third kappa shape index (κ3) is 5.06. The van der Waals surface area contributed by atoms with Gasteiger partial charge >= 0.3 is 5.97 Å². The molecule has 0 aliphatic rings. The number of carboxylic acids is 1. The highest BCUT2D eigenvalue weighted by molar-refractivity contribution is 5.86. The minimum absolute atomic E-state index is 0.201. The highest BCUT2D eigenvalue weighted by Gasteiger charge is 2.27. The van der Waals surface area contributed by atoms with Gasteiger partial charge in [0.15, 0.2) is 6.10 Å². The van der Waals surface area contributed by atoms with Crippen molar-refractivity contribution in [3.63, 3.8) is 0 Å². The van der Waals surface area contributed by atoms with Gasteiger partial charge < -0.3 is 15.2 Å². The van der Waals surface area contributed by atoms with Crippen LogP contribution in [0.4, 0.5) is 4.39 Å². The van der Waals surface area contributed by atoms with E-state index in [2.05, 4.69) is 5.32 Å². The first-order valence-electron chi connectivity index (χ1n) is 6.80. The smallest absolute Gasteiger partial charge is 0.326 e. The molecule has 0 aliphatic carbocycles. The molecule has 116 valence electrons. The van der Waals surface area contributed by atoms with Gasteiger partial charge in [0.2, 0.25) is 0 Å². The summed E-state index contributed by atoms with van der Waals surface area (Å²) in [5.74, 6) is -2.09. The standard InChI is InChI=1S/C15H20FNO4/c1-4-9(2)13(15(19)20)17-14(18)10(3)21-12-7-5-6-11(16)8-12/h5-10,13H,4H2,1-3H3,(H,17,18)(H,19,20)/t9-,10?,13-/m0/s1.